The van der Waals surface area contributed by atoms with Crippen LogP contribution in [0.3, 0.4) is 0 Å². The van der Waals surface area contributed by atoms with Crippen molar-refractivity contribution in [3.05, 3.63) is 59.7 Å². The number of hydrogen-bond donors (Lipinski definition) is 2. The van der Waals surface area contributed by atoms with Crippen LogP contribution in [-0.4, -0.2) is 37.7 Å². The number of anilines is 1. The molecule has 148 valence electrons. The van der Waals surface area contributed by atoms with E-state index in [1.807, 2.05) is 24.3 Å². The molecule has 1 heterocycles. The molecule has 1 atom stereocenters. The maximum Gasteiger partial charge on any atom is 0.262 e. The van der Waals surface area contributed by atoms with Crippen LogP contribution in [0.25, 0.3) is 0 Å². The van der Waals surface area contributed by atoms with Gasteiger partial charge in [-0.25, -0.2) is 0 Å². The monoisotopic (exact) mass is 382 g/mol. The van der Waals surface area contributed by atoms with Gasteiger partial charge in [0, 0.05) is 24.4 Å². The van der Waals surface area contributed by atoms with Gasteiger partial charge in [0.05, 0.1) is 6.10 Å². The van der Waals surface area contributed by atoms with Gasteiger partial charge in [-0.1, -0.05) is 25.1 Å². The highest BCUT2D eigenvalue weighted by Gasteiger charge is 2.17. The van der Waals surface area contributed by atoms with Crippen LogP contribution in [0.5, 0.6) is 5.75 Å². The first-order valence-corrected chi connectivity index (χ1v) is 9.65. The predicted octanol–water partition coefficient (Wildman–Crippen LogP) is 3.18. The largest absolute Gasteiger partial charge is 0.484 e. The number of benzene rings is 2. The molecular weight excluding hydrogens is 356 g/mol. The SMILES string of the molecule is CCc1ccc(OCC(=O)Nc2cccc(C(=O)NCC3CCCO3)c2)cc1. The standard InChI is InChI=1S/C22H26N2O4/c1-2-16-8-10-19(11-9-16)28-15-21(25)24-18-6-3-5-17(13-18)22(26)23-14-20-7-4-12-27-20/h3,5-6,8-11,13,20H,2,4,7,12,14-15H2,1H3,(H,23,26)(H,24,25). The number of carbonyl (C=O) groups is 2. The van der Waals surface area contributed by atoms with Crippen molar-refractivity contribution in [2.45, 2.75) is 32.3 Å². The molecule has 1 aliphatic heterocycles. The molecule has 0 spiro atoms. The van der Waals surface area contributed by atoms with Crippen LogP contribution in [0.1, 0.15) is 35.7 Å². The van der Waals surface area contributed by atoms with Crippen LogP contribution in [0.2, 0.25) is 0 Å². The number of amides is 2. The molecule has 2 amide bonds. The van der Waals surface area contributed by atoms with E-state index in [2.05, 4.69) is 17.6 Å². The average molecular weight is 382 g/mol. The van der Waals surface area contributed by atoms with Crippen molar-refractivity contribution in [1.29, 1.82) is 0 Å². The number of carbonyl (C=O) groups excluding carboxylic acids is 2. The van der Waals surface area contributed by atoms with Crippen molar-refractivity contribution in [3.8, 4) is 5.75 Å². The van der Waals surface area contributed by atoms with Crippen molar-refractivity contribution in [2.24, 2.45) is 0 Å². The van der Waals surface area contributed by atoms with Crippen LogP contribution in [0, 0.1) is 0 Å². The zero-order valence-electron chi connectivity index (χ0n) is 16.1. The van der Waals surface area contributed by atoms with Crippen molar-refractivity contribution in [1.82, 2.24) is 5.32 Å². The van der Waals surface area contributed by atoms with E-state index in [9.17, 15) is 9.59 Å². The Morgan fingerprint density at radius 1 is 1.18 bits per heavy atom. The highest BCUT2D eigenvalue weighted by Crippen LogP contribution is 2.14. The Bertz CT molecular complexity index is 798. The van der Waals surface area contributed by atoms with Crippen LogP contribution in [0.4, 0.5) is 5.69 Å². The van der Waals surface area contributed by atoms with Gasteiger partial charge in [0.15, 0.2) is 6.61 Å². The second-order valence-electron chi connectivity index (χ2n) is 6.76. The molecule has 1 aliphatic rings. The lowest BCUT2D eigenvalue weighted by molar-refractivity contribution is -0.118. The smallest absolute Gasteiger partial charge is 0.262 e. The van der Waals surface area contributed by atoms with Gasteiger partial charge in [-0.05, 0) is 55.2 Å². The number of hydrogen-bond acceptors (Lipinski definition) is 4. The Balaban J connectivity index is 1.48. The van der Waals surface area contributed by atoms with E-state index in [-0.39, 0.29) is 24.5 Å². The first-order valence-electron chi connectivity index (χ1n) is 9.65. The van der Waals surface area contributed by atoms with E-state index in [0.717, 1.165) is 25.9 Å². The first-order chi connectivity index (χ1) is 13.6. The van der Waals surface area contributed by atoms with E-state index in [4.69, 9.17) is 9.47 Å². The lowest BCUT2D eigenvalue weighted by Gasteiger charge is -2.12. The third-order valence-corrected chi connectivity index (χ3v) is 4.62. The van der Waals surface area contributed by atoms with Crippen LogP contribution < -0.4 is 15.4 Å². The highest BCUT2D eigenvalue weighted by atomic mass is 16.5. The maximum absolute atomic E-state index is 12.3. The molecule has 2 N–H and O–H groups in total. The second-order valence-corrected chi connectivity index (χ2v) is 6.76. The summed E-state index contributed by atoms with van der Waals surface area (Å²) in [4.78, 5) is 24.4. The van der Waals surface area contributed by atoms with Gasteiger partial charge in [-0.2, -0.15) is 0 Å². The summed E-state index contributed by atoms with van der Waals surface area (Å²) in [6.07, 6.45) is 3.05. The molecule has 0 aromatic heterocycles. The van der Waals surface area contributed by atoms with Gasteiger partial charge in [-0.15, -0.1) is 0 Å². The molecule has 2 aromatic rings. The van der Waals surface area contributed by atoms with Gasteiger partial charge < -0.3 is 20.1 Å². The Morgan fingerprint density at radius 2 is 2.00 bits per heavy atom. The Hall–Kier alpha value is -2.86. The van der Waals surface area contributed by atoms with E-state index < -0.39 is 0 Å². The van der Waals surface area contributed by atoms with Gasteiger partial charge in [0.1, 0.15) is 5.75 Å². The molecule has 1 saturated heterocycles. The molecule has 2 aromatic carbocycles. The summed E-state index contributed by atoms with van der Waals surface area (Å²) in [6, 6.07) is 14.5. The number of aryl methyl sites for hydroxylation is 1. The normalized spacial score (nSPS) is 15.8. The van der Waals surface area contributed by atoms with E-state index in [1.54, 1.807) is 24.3 Å². The summed E-state index contributed by atoms with van der Waals surface area (Å²) in [7, 11) is 0. The zero-order valence-corrected chi connectivity index (χ0v) is 16.1. The summed E-state index contributed by atoms with van der Waals surface area (Å²) < 4.78 is 11.0. The minimum atomic E-state index is -0.281. The first kappa shape index (κ1) is 19.9. The molecule has 0 saturated carbocycles. The summed E-state index contributed by atoms with van der Waals surface area (Å²) >= 11 is 0. The van der Waals surface area contributed by atoms with Crippen molar-refractivity contribution in [2.75, 3.05) is 25.1 Å². The fourth-order valence-corrected chi connectivity index (χ4v) is 3.02. The summed E-state index contributed by atoms with van der Waals surface area (Å²) in [5, 5.41) is 5.63. The topological polar surface area (TPSA) is 76.7 Å². The lowest BCUT2D eigenvalue weighted by Crippen LogP contribution is -2.31. The minimum Gasteiger partial charge on any atom is -0.484 e. The molecule has 3 rings (SSSR count). The third-order valence-electron chi connectivity index (χ3n) is 4.62. The van der Waals surface area contributed by atoms with E-state index >= 15 is 0 Å². The average Bonchev–Trinajstić information content (AvgIpc) is 3.25. The lowest BCUT2D eigenvalue weighted by atomic mass is 10.1. The highest BCUT2D eigenvalue weighted by molar-refractivity contribution is 5.97. The number of rotatable bonds is 8. The fraction of sp³-hybridized carbons (Fsp3) is 0.364. The molecule has 0 bridgehead atoms. The summed E-state index contributed by atoms with van der Waals surface area (Å²) in [6.45, 7) is 3.24. The van der Waals surface area contributed by atoms with E-state index in [0.29, 0.717) is 23.5 Å². The van der Waals surface area contributed by atoms with Gasteiger partial charge in [-0.3, -0.25) is 9.59 Å². The molecule has 1 fully saturated rings. The van der Waals surface area contributed by atoms with Crippen LogP contribution in [-0.2, 0) is 16.0 Å². The molecule has 0 aliphatic carbocycles. The van der Waals surface area contributed by atoms with Gasteiger partial charge in [0.2, 0.25) is 0 Å². The van der Waals surface area contributed by atoms with Crippen molar-refractivity contribution < 1.29 is 19.1 Å². The number of nitrogens with one attached hydrogen (secondary N) is 2. The fourth-order valence-electron chi connectivity index (χ4n) is 3.02. The molecule has 0 radical (unpaired) electrons. The Kier molecular flexibility index (Phi) is 7.03. The minimum absolute atomic E-state index is 0.0929. The Labute approximate surface area is 165 Å². The summed E-state index contributed by atoms with van der Waals surface area (Å²) in [5.74, 6) is 0.185. The van der Waals surface area contributed by atoms with Crippen LogP contribution >= 0.6 is 0 Å². The Morgan fingerprint density at radius 3 is 2.71 bits per heavy atom. The predicted molar refractivity (Wildman–Crippen MR) is 108 cm³/mol. The van der Waals surface area contributed by atoms with Crippen molar-refractivity contribution in [3.63, 3.8) is 0 Å². The van der Waals surface area contributed by atoms with Gasteiger partial charge in [0.25, 0.3) is 11.8 Å². The summed E-state index contributed by atoms with van der Waals surface area (Å²) in [5.41, 5.74) is 2.26. The molecule has 6 nitrogen and oxygen atoms in total. The zero-order chi connectivity index (χ0) is 19.8. The van der Waals surface area contributed by atoms with Crippen LogP contribution in [0.15, 0.2) is 48.5 Å². The molecule has 1 unspecified atom stereocenters. The maximum atomic E-state index is 12.3. The number of ether oxygens (including phenoxy) is 2. The van der Waals surface area contributed by atoms with Gasteiger partial charge >= 0.3 is 0 Å². The second kappa shape index (κ2) is 9.90. The molecule has 6 heteroatoms. The molecule has 28 heavy (non-hydrogen) atoms. The van der Waals surface area contributed by atoms with Crippen molar-refractivity contribution >= 4 is 17.5 Å². The molecular formula is C22H26N2O4. The van der Waals surface area contributed by atoms with E-state index in [1.165, 1.54) is 5.56 Å². The quantitative estimate of drug-likeness (QED) is 0.735. The third kappa shape index (κ3) is 5.82.